The molecule has 0 atom stereocenters. The third-order valence-corrected chi connectivity index (χ3v) is 5.22. The summed E-state index contributed by atoms with van der Waals surface area (Å²) in [5.41, 5.74) is 2.89. The first-order valence-electron chi connectivity index (χ1n) is 9.38. The zero-order valence-electron chi connectivity index (χ0n) is 15.4. The molecule has 0 aliphatic carbocycles. The van der Waals surface area contributed by atoms with E-state index in [4.69, 9.17) is 11.6 Å². The molecule has 0 aromatic heterocycles. The summed E-state index contributed by atoms with van der Waals surface area (Å²) in [6.07, 6.45) is 2.18. The third kappa shape index (κ3) is 5.56. The van der Waals surface area contributed by atoms with Crippen molar-refractivity contribution in [3.8, 4) is 6.07 Å². The fraction of sp³-hybridized carbons (Fsp3) is 0.364. The molecule has 1 saturated heterocycles. The summed E-state index contributed by atoms with van der Waals surface area (Å²) in [5, 5.41) is 9.97. The van der Waals surface area contributed by atoms with E-state index in [2.05, 4.69) is 11.0 Å². The topological polar surface area (TPSA) is 47.3 Å². The van der Waals surface area contributed by atoms with E-state index in [0.29, 0.717) is 11.4 Å². The van der Waals surface area contributed by atoms with Gasteiger partial charge in [0.2, 0.25) is 5.91 Å². The van der Waals surface area contributed by atoms with Gasteiger partial charge in [-0.3, -0.25) is 9.69 Å². The summed E-state index contributed by atoms with van der Waals surface area (Å²) in [6, 6.07) is 17.7. The molecule has 0 radical (unpaired) electrons. The second-order valence-corrected chi connectivity index (χ2v) is 7.35. The number of halogens is 1. The SMILES string of the molecule is N#Cc1ccccc1CN1CCCN(C(=O)CCc2cccc(Cl)c2)CC1. The first kappa shape index (κ1) is 19.4. The van der Waals surface area contributed by atoms with Crippen molar-refractivity contribution in [3.05, 3.63) is 70.2 Å². The molecule has 2 aromatic rings. The van der Waals surface area contributed by atoms with E-state index in [1.165, 1.54) is 0 Å². The molecule has 0 bridgehead atoms. The van der Waals surface area contributed by atoms with Crippen LogP contribution in [0.15, 0.2) is 48.5 Å². The zero-order valence-corrected chi connectivity index (χ0v) is 16.2. The number of nitriles is 1. The number of hydrogen-bond donors (Lipinski definition) is 0. The average Bonchev–Trinajstić information content (AvgIpc) is 2.92. The molecule has 0 N–H and O–H groups in total. The molecular weight excluding hydrogens is 358 g/mol. The summed E-state index contributed by atoms with van der Waals surface area (Å²) in [6.45, 7) is 4.07. The molecule has 4 nitrogen and oxygen atoms in total. The lowest BCUT2D eigenvalue weighted by atomic mass is 10.1. The Morgan fingerprint density at radius 1 is 1.07 bits per heavy atom. The van der Waals surface area contributed by atoms with Crippen LogP contribution < -0.4 is 0 Å². The normalized spacial score (nSPS) is 15.2. The number of carbonyl (C=O) groups excluding carboxylic acids is 1. The first-order valence-corrected chi connectivity index (χ1v) is 9.76. The van der Waals surface area contributed by atoms with Crippen molar-refractivity contribution in [2.24, 2.45) is 0 Å². The highest BCUT2D eigenvalue weighted by molar-refractivity contribution is 6.30. The maximum Gasteiger partial charge on any atom is 0.222 e. The Morgan fingerprint density at radius 2 is 1.93 bits per heavy atom. The molecule has 27 heavy (non-hydrogen) atoms. The van der Waals surface area contributed by atoms with E-state index in [-0.39, 0.29) is 5.91 Å². The van der Waals surface area contributed by atoms with Crippen LogP contribution in [0.3, 0.4) is 0 Å². The van der Waals surface area contributed by atoms with Gasteiger partial charge in [0.05, 0.1) is 11.6 Å². The lowest BCUT2D eigenvalue weighted by Crippen LogP contribution is -2.35. The van der Waals surface area contributed by atoms with Gasteiger partial charge in [0.25, 0.3) is 0 Å². The van der Waals surface area contributed by atoms with Crippen LogP contribution in [0.2, 0.25) is 5.02 Å². The number of benzene rings is 2. The fourth-order valence-electron chi connectivity index (χ4n) is 3.49. The Labute approximate surface area is 166 Å². The Hall–Kier alpha value is -2.35. The maximum atomic E-state index is 12.6. The second-order valence-electron chi connectivity index (χ2n) is 6.91. The lowest BCUT2D eigenvalue weighted by Gasteiger charge is -2.22. The molecule has 0 spiro atoms. The van der Waals surface area contributed by atoms with Crippen molar-refractivity contribution < 1.29 is 4.79 Å². The largest absolute Gasteiger partial charge is 0.341 e. The van der Waals surface area contributed by atoms with Gasteiger partial charge < -0.3 is 4.90 Å². The summed E-state index contributed by atoms with van der Waals surface area (Å²) in [4.78, 5) is 16.9. The van der Waals surface area contributed by atoms with Gasteiger partial charge in [-0.25, -0.2) is 0 Å². The van der Waals surface area contributed by atoms with Crippen LogP contribution in [0, 0.1) is 11.3 Å². The minimum Gasteiger partial charge on any atom is -0.341 e. The molecule has 3 rings (SSSR count). The predicted octanol–water partition coefficient (Wildman–Crippen LogP) is 3.88. The Morgan fingerprint density at radius 3 is 2.74 bits per heavy atom. The van der Waals surface area contributed by atoms with E-state index < -0.39 is 0 Å². The van der Waals surface area contributed by atoms with E-state index in [1.807, 2.05) is 53.4 Å². The third-order valence-electron chi connectivity index (χ3n) is 4.99. The van der Waals surface area contributed by atoms with Crippen LogP contribution in [-0.2, 0) is 17.8 Å². The van der Waals surface area contributed by atoms with Crippen LogP contribution in [0.1, 0.15) is 29.5 Å². The van der Waals surface area contributed by atoms with Crippen LogP contribution in [-0.4, -0.2) is 41.9 Å². The summed E-state index contributed by atoms with van der Waals surface area (Å²) in [5.74, 6) is 0.203. The van der Waals surface area contributed by atoms with E-state index >= 15 is 0 Å². The number of amides is 1. The molecule has 0 unspecified atom stereocenters. The van der Waals surface area contributed by atoms with Gasteiger partial charge in [0, 0.05) is 44.2 Å². The van der Waals surface area contributed by atoms with Crippen molar-refractivity contribution in [2.45, 2.75) is 25.8 Å². The molecule has 1 heterocycles. The Balaban J connectivity index is 1.52. The number of rotatable bonds is 5. The molecule has 140 valence electrons. The van der Waals surface area contributed by atoms with E-state index in [1.54, 1.807) is 0 Å². The van der Waals surface area contributed by atoms with Gasteiger partial charge in [-0.15, -0.1) is 0 Å². The number of hydrogen-bond acceptors (Lipinski definition) is 3. The zero-order chi connectivity index (χ0) is 19.1. The molecule has 1 aliphatic heterocycles. The Bertz CT molecular complexity index is 830. The monoisotopic (exact) mass is 381 g/mol. The maximum absolute atomic E-state index is 12.6. The van der Waals surface area contributed by atoms with Crippen molar-refractivity contribution in [2.75, 3.05) is 26.2 Å². The van der Waals surface area contributed by atoms with E-state index in [0.717, 1.165) is 62.3 Å². The van der Waals surface area contributed by atoms with Crippen molar-refractivity contribution in [3.63, 3.8) is 0 Å². The molecule has 1 aliphatic rings. The highest BCUT2D eigenvalue weighted by atomic mass is 35.5. The van der Waals surface area contributed by atoms with Crippen molar-refractivity contribution in [1.82, 2.24) is 9.80 Å². The van der Waals surface area contributed by atoms with Crippen molar-refractivity contribution >= 4 is 17.5 Å². The van der Waals surface area contributed by atoms with Crippen LogP contribution in [0.25, 0.3) is 0 Å². The number of nitrogens with zero attached hydrogens (tertiary/aromatic N) is 3. The van der Waals surface area contributed by atoms with Gasteiger partial charge >= 0.3 is 0 Å². The molecule has 0 saturated carbocycles. The lowest BCUT2D eigenvalue weighted by molar-refractivity contribution is -0.131. The van der Waals surface area contributed by atoms with Gasteiger partial charge in [-0.1, -0.05) is 41.9 Å². The van der Waals surface area contributed by atoms with Gasteiger partial charge in [0.1, 0.15) is 0 Å². The first-order chi connectivity index (χ1) is 13.2. The van der Waals surface area contributed by atoms with Gasteiger partial charge in [-0.2, -0.15) is 5.26 Å². The number of carbonyl (C=O) groups is 1. The Kier molecular flexibility index (Phi) is 6.86. The van der Waals surface area contributed by atoms with Gasteiger partial charge in [-0.05, 0) is 42.2 Å². The predicted molar refractivity (Wildman–Crippen MR) is 107 cm³/mol. The minimum absolute atomic E-state index is 0.203. The second kappa shape index (κ2) is 9.55. The number of aryl methyl sites for hydroxylation is 1. The fourth-order valence-corrected chi connectivity index (χ4v) is 3.70. The molecule has 1 fully saturated rings. The van der Waals surface area contributed by atoms with Crippen molar-refractivity contribution in [1.29, 1.82) is 5.26 Å². The summed E-state index contributed by atoms with van der Waals surface area (Å²) < 4.78 is 0. The van der Waals surface area contributed by atoms with Gasteiger partial charge in [0.15, 0.2) is 0 Å². The highest BCUT2D eigenvalue weighted by Crippen LogP contribution is 2.15. The average molecular weight is 382 g/mol. The van der Waals surface area contributed by atoms with E-state index in [9.17, 15) is 10.1 Å². The minimum atomic E-state index is 0.203. The molecule has 2 aromatic carbocycles. The molecule has 1 amide bonds. The standard InChI is InChI=1S/C22H24ClN3O/c23-21-8-3-5-18(15-21)9-10-22(27)26-12-4-11-25(13-14-26)17-20-7-2-1-6-19(20)16-24/h1-3,5-8,15H,4,9-14,17H2. The van der Waals surface area contributed by atoms with Crippen LogP contribution in [0.5, 0.6) is 0 Å². The summed E-state index contributed by atoms with van der Waals surface area (Å²) >= 11 is 6.01. The van der Waals surface area contributed by atoms with Crippen LogP contribution >= 0.6 is 11.6 Å². The molecular formula is C22H24ClN3O. The summed E-state index contributed by atoms with van der Waals surface area (Å²) in [7, 11) is 0. The quantitative estimate of drug-likeness (QED) is 0.789. The highest BCUT2D eigenvalue weighted by Gasteiger charge is 2.19. The molecule has 5 heteroatoms. The van der Waals surface area contributed by atoms with Crippen LogP contribution in [0.4, 0.5) is 0 Å². The smallest absolute Gasteiger partial charge is 0.222 e.